The molecule has 2 rings (SSSR count). The van der Waals surface area contributed by atoms with E-state index in [4.69, 9.17) is 5.73 Å². The smallest absolute Gasteiger partial charge is 0.240 e. The van der Waals surface area contributed by atoms with Gasteiger partial charge in [-0.1, -0.05) is 30.3 Å². The van der Waals surface area contributed by atoms with Crippen LogP contribution < -0.4 is 11.1 Å². The number of carbonyl (C=O) groups excluding carboxylic acids is 1. The van der Waals surface area contributed by atoms with Crippen molar-refractivity contribution in [3.8, 4) is 0 Å². The molecule has 3 heteroatoms. The largest absolute Gasteiger partial charge is 0.354 e. The van der Waals surface area contributed by atoms with Crippen LogP contribution in [0.4, 0.5) is 0 Å². The van der Waals surface area contributed by atoms with Crippen molar-refractivity contribution in [3.63, 3.8) is 0 Å². The summed E-state index contributed by atoms with van der Waals surface area (Å²) in [5.74, 6) is 0.0248. The van der Waals surface area contributed by atoms with Crippen LogP contribution in [0.1, 0.15) is 31.2 Å². The highest BCUT2D eigenvalue weighted by molar-refractivity contribution is 5.86. The lowest BCUT2D eigenvalue weighted by atomic mass is 9.77. The van der Waals surface area contributed by atoms with Crippen LogP contribution in [0.2, 0.25) is 0 Å². The highest BCUT2D eigenvalue weighted by atomic mass is 16.2. The Labute approximate surface area is 102 Å². The Hall–Kier alpha value is -1.35. The number of amides is 1. The van der Waals surface area contributed by atoms with E-state index in [0.29, 0.717) is 6.54 Å². The monoisotopic (exact) mass is 232 g/mol. The fourth-order valence-corrected chi connectivity index (χ4v) is 2.10. The molecule has 1 saturated carbocycles. The van der Waals surface area contributed by atoms with Crippen molar-refractivity contribution in [2.75, 3.05) is 6.54 Å². The van der Waals surface area contributed by atoms with Crippen molar-refractivity contribution in [1.82, 2.24) is 5.32 Å². The van der Waals surface area contributed by atoms with Crippen LogP contribution in [0.25, 0.3) is 0 Å². The molecule has 92 valence electrons. The second kappa shape index (κ2) is 5.32. The van der Waals surface area contributed by atoms with Gasteiger partial charge in [-0.2, -0.15) is 0 Å². The summed E-state index contributed by atoms with van der Waals surface area (Å²) in [5, 5.41) is 2.93. The number of hydrogen-bond donors (Lipinski definition) is 2. The Kier molecular flexibility index (Phi) is 3.79. The minimum Gasteiger partial charge on any atom is -0.354 e. The van der Waals surface area contributed by atoms with Gasteiger partial charge >= 0.3 is 0 Å². The number of benzene rings is 1. The third kappa shape index (κ3) is 3.07. The first-order chi connectivity index (χ1) is 8.21. The summed E-state index contributed by atoms with van der Waals surface area (Å²) in [6, 6.07) is 10.3. The summed E-state index contributed by atoms with van der Waals surface area (Å²) in [6.45, 7) is 0.715. The Bertz CT molecular complexity index is 371. The Morgan fingerprint density at radius 2 is 2.00 bits per heavy atom. The summed E-state index contributed by atoms with van der Waals surface area (Å²) < 4.78 is 0. The minimum atomic E-state index is -0.563. The highest BCUT2D eigenvalue weighted by Gasteiger charge is 2.39. The first-order valence-electron chi connectivity index (χ1n) is 6.32. The summed E-state index contributed by atoms with van der Waals surface area (Å²) in [5.41, 5.74) is 6.68. The quantitative estimate of drug-likeness (QED) is 0.758. The number of nitrogens with two attached hydrogens (primary N) is 1. The number of carbonyl (C=O) groups is 1. The summed E-state index contributed by atoms with van der Waals surface area (Å²) in [4.78, 5) is 11.7. The topological polar surface area (TPSA) is 55.1 Å². The lowest BCUT2D eigenvalue weighted by Gasteiger charge is -2.36. The Balaban J connectivity index is 1.65. The molecule has 1 amide bonds. The molecule has 0 bridgehead atoms. The van der Waals surface area contributed by atoms with Gasteiger partial charge in [-0.15, -0.1) is 0 Å². The number of hydrogen-bond acceptors (Lipinski definition) is 2. The molecule has 0 spiro atoms. The van der Waals surface area contributed by atoms with Gasteiger partial charge in [-0.05, 0) is 37.7 Å². The molecule has 1 fully saturated rings. The van der Waals surface area contributed by atoms with E-state index in [1.165, 1.54) is 5.56 Å². The van der Waals surface area contributed by atoms with E-state index >= 15 is 0 Å². The van der Waals surface area contributed by atoms with Crippen molar-refractivity contribution in [2.45, 2.75) is 37.6 Å². The van der Waals surface area contributed by atoms with Crippen LogP contribution in [-0.4, -0.2) is 18.0 Å². The third-order valence-corrected chi connectivity index (χ3v) is 3.47. The lowest BCUT2D eigenvalue weighted by Crippen LogP contribution is -2.58. The Morgan fingerprint density at radius 3 is 2.59 bits per heavy atom. The van der Waals surface area contributed by atoms with Crippen molar-refractivity contribution >= 4 is 5.91 Å². The highest BCUT2D eigenvalue weighted by Crippen LogP contribution is 2.28. The van der Waals surface area contributed by atoms with Gasteiger partial charge < -0.3 is 11.1 Å². The maximum absolute atomic E-state index is 11.7. The molecule has 0 heterocycles. The molecule has 3 nitrogen and oxygen atoms in total. The fraction of sp³-hybridized carbons (Fsp3) is 0.500. The predicted molar refractivity (Wildman–Crippen MR) is 68.5 cm³/mol. The number of rotatable bonds is 5. The maximum Gasteiger partial charge on any atom is 0.240 e. The molecule has 0 saturated heterocycles. The summed E-state index contributed by atoms with van der Waals surface area (Å²) in [6.07, 6.45) is 4.70. The van der Waals surface area contributed by atoms with E-state index < -0.39 is 5.54 Å². The van der Waals surface area contributed by atoms with Gasteiger partial charge in [0, 0.05) is 6.54 Å². The molecule has 0 radical (unpaired) electrons. The van der Waals surface area contributed by atoms with Crippen LogP contribution in [0, 0.1) is 0 Å². The molecular weight excluding hydrogens is 212 g/mol. The van der Waals surface area contributed by atoms with E-state index in [0.717, 1.165) is 32.1 Å². The van der Waals surface area contributed by atoms with Crippen LogP contribution in [0.5, 0.6) is 0 Å². The standard InChI is InChI=1S/C14H20N2O/c15-14(9-5-10-14)13(17)16-11-4-8-12-6-2-1-3-7-12/h1-3,6-7H,4-5,8-11,15H2,(H,16,17). The van der Waals surface area contributed by atoms with Gasteiger partial charge in [0.1, 0.15) is 0 Å². The van der Waals surface area contributed by atoms with E-state index in [1.807, 2.05) is 18.2 Å². The van der Waals surface area contributed by atoms with Gasteiger partial charge in [0.15, 0.2) is 0 Å². The molecule has 1 aliphatic rings. The van der Waals surface area contributed by atoms with Crippen molar-refractivity contribution in [3.05, 3.63) is 35.9 Å². The van der Waals surface area contributed by atoms with Crippen LogP contribution in [0.3, 0.4) is 0 Å². The number of aryl methyl sites for hydroxylation is 1. The molecule has 3 N–H and O–H groups in total. The van der Waals surface area contributed by atoms with Crippen LogP contribution in [-0.2, 0) is 11.2 Å². The lowest BCUT2D eigenvalue weighted by molar-refractivity contribution is -0.129. The summed E-state index contributed by atoms with van der Waals surface area (Å²) in [7, 11) is 0. The van der Waals surface area contributed by atoms with Gasteiger partial charge in [-0.25, -0.2) is 0 Å². The van der Waals surface area contributed by atoms with Crippen LogP contribution in [0.15, 0.2) is 30.3 Å². The van der Waals surface area contributed by atoms with Gasteiger partial charge in [0.05, 0.1) is 5.54 Å². The zero-order chi connectivity index (χ0) is 12.1. The molecule has 0 atom stereocenters. The van der Waals surface area contributed by atoms with E-state index in [9.17, 15) is 4.79 Å². The maximum atomic E-state index is 11.7. The molecule has 1 aromatic rings. The normalized spacial score (nSPS) is 17.2. The van der Waals surface area contributed by atoms with Gasteiger partial charge in [0.25, 0.3) is 0 Å². The van der Waals surface area contributed by atoms with E-state index in [2.05, 4.69) is 17.4 Å². The van der Waals surface area contributed by atoms with E-state index in [1.54, 1.807) is 0 Å². The van der Waals surface area contributed by atoms with Crippen molar-refractivity contribution < 1.29 is 4.79 Å². The number of nitrogens with one attached hydrogen (secondary N) is 1. The minimum absolute atomic E-state index is 0.0248. The second-order valence-electron chi connectivity index (χ2n) is 4.85. The van der Waals surface area contributed by atoms with Crippen molar-refractivity contribution in [1.29, 1.82) is 0 Å². The average Bonchev–Trinajstić information content (AvgIpc) is 2.32. The van der Waals surface area contributed by atoms with Crippen molar-refractivity contribution in [2.24, 2.45) is 5.73 Å². The average molecular weight is 232 g/mol. The molecule has 0 unspecified atom stereocenters. The zero-order valence-corrected chi connectivity index (χ0v) is 10.1. The molecule has 1 aromatic carbocycles. The molecule has 0 aliphatic heterocycles. The second-order valence-corrected chi connectivity index (χ2v) is 4.85. The summed E-state index contributed by atoms with van der Waals surface area (Å²) >= 11 is 0. The Morgan fingerprint density at radius 1 is 1.29 bits per heavy atom. The van der Waals surface area contributed by atoms with Crippen LogP contribution >= 0.6 is 0 Å². The fourth-order valence-electron chi connectivity index (χ4n) is 2.10. The first-order valence-corrected chi connectivity index (χ1v) is 6.32. The molecular formula is C14H20N2O. The molecule has 0 aromatic heterocycles. The molecule has 17 heavy (non-hydrogen) atoms. The van der Waals surface area contributed by atoms with Gasteiger partial charge in [-0.3, -0.25) is 4.79 Å². The zero-order valence-electron chi connectivity index (χ0n) is 10.1. The predicted octanol–water partition coefficient (Wildman–Crippen LogP) is 1.62. The van der Waals surface area contributed by atoms with E-state index in [-0.39, 0.29) is 5.91 Å². The third-order valence-electron chi connectivity index (χ3n) is 3.47. The molecule has 1 aliphatic carbocycles. The van der Waals surface area contributed by atoms with Gasteiger partial charge in [0.2, 0.25) is 5.91 Å². The SMILES string of the molecule is NC1(C(=O)NCCCc2ccccc2)CCC1. The first kappa shape index (κ1) is 12.1.